The SMILES string of the molecule is CC(=O)C(C)(C)C=C(c1ccccc1)c1ccccc1. The van der Waals surface area contributed by atoms with Crippen molar-refractivity contribution in [1.29, 1.82) is 0 Å². The van der Waals surface area contributed by atoms with Crippen molar-refractivity contribution in [2.24, 2.45) is 5.41 Å². The van der Waals surface area contributed by atoms with Gasteiger partial charge in [-0.2, -0.15) is 0 Å². The minimum absolute atomic E-state index is 0.168. The first-order valence-electron chi connectivity index (χ1n) is 6.85. The summed E-state index contributed by atoms with van der Waals surface area (Å²) in [6.07, 6.45) is 2.07. The van der Waals surface area contributed by atoms with Gasteiger partial charge in [-0.25, -0.2) is 0 Å². The Morgan fingerprint density at radius 1 is 0.850 bits per heavy atom. The lowest BCUT2D eigenvalue weighted by molar-refractivity contribution is -0.122. The number of allylic oxidation sites excluding steroid dienone is 1. The molecule has 0 bridgehead atoms. The molecule has 0 saturated heterocycles. The number of carbonyl (C=O) groups excluding carboxylic acids is 1. The maximum absolute atomic E-state index is 11.8. The summed E-state index contributed by atoms with van der Waals surface area (Å²) in [6, 6.07) is 20.4. The molecule has 0 aliphatic carbocycles. The van der Waals surface area contributed by atoms with Crippen LogP contribution in [-0.4, -0.2) is 5.78 Å². The summed E-state index contributed by atoms with van der Waals surface area (Å²) in [5, 5.41) is 0. The van der Waals surface area contributed by atoms with Gasteiger partial charge in [0.2, 0.25) is 0 Å². The van der Waals surface area contributed by atoms with E-state index >= 15 is 0 Å². The van der Waals surface area contributed by atoms with Crippen molar-refractivity contribution in [1.82, 2.24) is 0 Å². The van der Waals surface area contributed by atoms with Gasteiger partial charge < -0.3 is 0 Å². The van der Waals surface area contributed by atoms with Crippen LogP contribution in [0.3, 0.4) is 0 Å². The minimum atomic E-state index is -0.471. The molecule has 0 radical (unpaired) electrons. The molecule has 1 nitrogen and oxygen atoms in total. The molecule has 0 aliphatic heterocycles. The lowest BCUT2D eigenvalue weighted by Crippen LogP contribution is -2.18. The molecule has 0 N–H and O–H groups in total. The molecular weight excluding hydrogens is 244 g/mol. The van der Waals surface area contributed by atoms with Crippen molar-refractivity contribution in [2.45, 2.75) is 20.8 Å². The first kappa shape index (κ1) is 14.3. The largest absolute Gasteiger partial charge is 0.299 e. The van der Waals surface area contributed by atoms with E-state index in [1.807, 2.05) is 50.2 Å². The first-order chi connectivity index (χ1) is 9.50. The second-order valence-electron chi connectivity index (χ2n) is 5.57. The van der Waals surface area contributed by atoms with Crippen LogP contribution in [0.25, 0.3) is 5.57 Å². The van der Waals surface area contributed by atoms with Crippen LogP contribution >= 0.6 is 0 Å². The zero-order chi connectivity index (χ0) is 14.6. The first-order valence-corrected chi connectivity index (χ1v) is 6.85. The van der Waals surface area contributed by atoms with Gasteiger partial charge in [0.05, 0.1) is 0 Å². The van der Waals surface area contributed by atoms with Crippen LogP contribution < -0.4 is 0 Å². The van der Waals surface area contributed by atoms with E-state index in [2.05, 4.69) is 30.3 Å². The van der Waals surface area contributed by atoms with Crippen molar-refractivity contribution in [3.05, 3.63) is 77.9 Å². The number of hydrogen-bond donors (Lipinski definition) is 0. The number of carbonyl (C=O) groups is 1. The smallest absolute Gasteiger partial charge is 0.139 e. The van der Waals surface area contributed by atoms with Gasteiger partial charge in [0.1, 0.15) is 5.78 Å². The highest BCUT2D eigenvalue weighted by Crippen LogP contribution is 2.30. The van der Waals surface area contributed by atoms with Crippen LogP contribution in [0, 0.1) is 5.41 Å². The van der Waals surface area contributed by atoms with Gasteiger partial charge in [-0.3, -0.25) is 4.79 Å². The van der Waals surface area contributed by atoms with Gasteiger partial charge in [0.25, 0.3) is 0 Å². The maximum atomic E-state index is 11.8. The summed E-state index contributed by atoms with van der Waals surface area (Å²) in [5.41, 5.74) is 2.90. The predicted molar refractivity (Wildman–Crippen MR) is 84.4 cm³/mol. The Balaban J connectivity index is 2.57. The molecule has 0 fully saturated rings. The van der Waals surface area contributed by atoms with E-state index in [1.165, 1.54) is 0 Å². The highest BCUT2D eigenvalue weighted by atomic mass is 16.1. The zero-order valence-corrected chi connectivity index (χ0v) is 12.3. The molecule has 0 spiro atoms. The van der Waals surface area contributed by atoms with Gasteiger partial charge in [0.15, 0.2) is 0 Å². The Bertz CT molecular complexity index is 565. The van der Waals surface area contributed by atoms with Crippen molar-refractivity contribution >= 4 is 11.4 Å². The van der Waals surface area contributed by atoms with Crippen LogP contribution in [0.5, 0.6) is 0 Å². The molecule has 0 unspecified atom stereocenters. The van der Waals surface area contributed by atoms with Gasteiger partial charge in [0, 0.05) is 5.41 Å². The van der Waals surface area contributed by atoms with Gasteiger partial charge in [-0.1, -0.05) is 66.7 Å². The van der Waals surface area contributed by atoms with Crippen LogP contribution in [-0.2, 0) is 4.79 Å². The van der Waals surface area contributed by atoms with E-state index in [-0.39, 0.29) is 5.78 Å². The van der Waals surface area contributed by atoms with E-state index in [4.69, 9.17) is 0 Å². The topological polar surface area (TPSA) is 17.1 Å². The highest BCUT2D eigenvalue weighted by molar-refractivity contribution is 5.89. The fourth-order valence-corrected chi connectivity index (χ4v) is 2.03. The van der Waals surface area contributed by atoms with Crippen LogP contribution in [0.2, 0.25) is 0 Å². The Hall–Kier alpha value is -2.15. The summed E-state index contributed by atoms with van der Waals surface area (Å²) < 4.78 is 0. The lowest BCUT2D eigenvalue weighted by atomic mass is 9.83. The molecule has 2 rings (SSSR count). The molecule has 0 atom stereocenters. The molecule has 0 aliphatic rings. The third-order valence-electron chi connectivity index (χ3n) is 3.58. The Morgan fingerprint density at radius 3 is 1.60 bits per heavy atom. The molecular formula is C19H20O. The molecule has 0 aromatic heterocycles. The van der Waals surface area contributed by atoms with Gasteiger partial charge in [-0.05, 0) is 37.5 Å². The summed E-state index contributed by atoms with van der Waals surface area (Å²) >= 11 is 0. The fraction of sp³-hybridized carbons (Fsp3) is 0.211. The van der Waals surface area contributed by atoms with Crippen molar-refractivity contribution in [2.75, 3.05) is 0 Å². The number of rotatable bonds is 4. The Labute approximate surface area is 121 Å². The van der Waals surface area contributed by atoms with Crippen molar-refractivity contribution in [3.63, 3.8) is 0 Å². The highest BCUT2D eigenvalue weighted by Gasteiger charge is 2.22. The maximum Gasteiger partial charge on any atom is 0.139 e. The minimum Gasteiger partial charge on any atom is -0.299 e. The Kier molecular flexibility index (Phi) is 4.19. The quantitative estimate of drug-likeness (QED) is 0.780. The van der Waals surface area contributed by atoms with E-state index in [1.54, 1.807) is 6.92 Å². The Morgan fingerprint density at radius 2 is 1.25 bits per heavy atom. The molecule has 2 aromatic rings. The lowest BCUT2D eigenvalue weighted by Gasteiger charge is -2.19. The second kappa shape index (κ2) is 5.87. The van der Waals surface area contributed by atoms with Gasteiger partial charge >= 0.3 is 0 Å². The third-order valence-corrected chi connectivity index (χ3v) is 3.58. The molecule has 20 heavy (non-hydrogen) atoms. The normalized spacial score (nSPS) is 10.9. The summed E-state index contributed by atoms with van der Waals surface area (Å²) in [6.45, 7) is 5.56. The van der Waals surface area contributed by atoms with E-state index in [9.17, 15) is 4.79 Å². The molecule has 102 valence electrons. The summed E-state index contributed by atoms with van der Waals surface area (Å²) in [5.74, 6) is 0.168. The van der Waals surface area contributed by atoms with Crippen LogP contribution in [0.15, 0.2) is 66.7 Å². The van der Waals surface area contributed by atoms with Crippen molar-refractivity contribution in [3.8, 4) is 0 Å². The number of hydrogen-bond acceptors (Lipinski definition) is 1. The number of Topliss-reactive ketones (excluding diaryl/α,β-unsaturated/α-hetero) is 1. The predicted octanol–water partition coefficient (Wildman–Crippen LogP) is 4.73. The monoisotopic (exact) mass is 264 g/mol. The number of ketones is 1. The van der Waals surface area contributed by atoms with Crippen LogP contribution in [0.4, 0.5) is 0 Å². The summed E-state index contributed by atoms with van der Waals surface area (Å²) in [7, 11) is 0. The zero-order valence-electron chi connectivity index (χ0n) is 12.3. The molecule has 1 heteroatoms. The average Bonchev–Trinajstić information content (AvgIpc) is 2.46. The van der Waals surface area contributed by atoms with Gasteiger partial charge in [-0.15, -0.1) is 0 Å². The van der Waals surface area contributed by atoms with E-state index in [0.29, 0.717) is 0 Å². The molecule has 0 saturated carbocycles. The average molecular weight is 264 g/mol. The standard InChI is InChI=1S/C19H20O/c1-15(20)19(2,3)14-18(16-10-6-4-7-11-16)17-12-8-5-9-13-17/h4-14H,1-3H3. The third kappa shape index (κ3) is 3.24. The number of benzene rings is 2. The molecule has 0 amide bonds. The van der Waals surface area contributed by atoms with E-state index < -0.39 is 5.41 Å². The summed E-state index contributed by atoms with van der Waals surface area (Å²) in [4.78, 5) is 11.8. The second-order valence-corrected chi connectivity index (χ2v) is 5.57. The van der Waals surface area contributed by atoms with Crippen molar-refractivity contribution < 1.29 is 4.79 Å². The van der Waals surface area contributed by atoms with E-state index in [0.717, 1.165) is 16.7 Å². The fourth-order valence-electron chi connectivity index (χ4n) is 2.03. The van der Waals surface area contributed by atoms with Crippen LogP contribution in [0.1, 0.15) is 31.9 Å². The molecule has 2 aromatic carbocycles. The molecule has 0 heterocycles.